The minimum Gasteiger partial charge on any atom is -0.344 e. The van der Waals surface area contributed by atoms with Gasteiger partial charge in [0, 0.05) is 23.5 Å². The molecule has 0 fully saturated rings. The van der Waals surface area contributed by atoms with Crippen LogP contribution in [-0.4, -0.2) is 20.1 Å². The van der Waals surface area contributed by atoms with Gasteiger partial charge in [0.15, 0.2) is 5.78 Å². The van der Waals surface area contributed by atoms with Gasteiger partial charge in [-0.1, -0.05) is 12.1 Å². The van der Waals surface area contributed by atoms with Crippen LogP contribution in [0.2, 0.25) is 0 Å². The Morgan fingerprint density at radius 3 is 2.45 bits per heavy atom. The number of hydrogen-bond donors (Lipinski definition) is 0. The Labute approximate surface area is 167 Å². The number of carbonyl (C=O) groups excluding carboxylic acids is 1. The lowest BCUT2D eigenvalue weighted by atomic mass is 10.1. The van der Waals surface area contributed by atoms with Gasteiger partial charge in [0.05, 0.1) is 5.69 Å². The molecule has 0 amide bonds. The van der Waals surface area contributed by atoms with E-state index in [-0.39, 0.29) is 23.7 Å². The predicted molar refractivity (Wildman–Crippen MR) is 106 cm³/mol. The first-order valence-corrected chi connectivity index (χ1v) is 9.15. The number of nitriles is 1. The van der Waals surface area contributed by atoms with Crippen LogP contribution >= 0.6 is 0 Å². The van der Waals surface area contributed by atoms with Crippen LogP contribution < -0.4 is 5.56 Å². The molecule has 7 heteroatoms. The van der Waals surface area contributed by atoms with E-state index in [9.17, 15) is 19.2 Å². The van der Waals surface area contributed by atoms with Crippen molar-refractivity contribution in [2.45, 2.75) is 40.8 Å². The highest BCUT2D eigenvalue weighted by Crippen LogP contribution is 2.18. The zero-order chi connectivity index (χ0) is 21.3. The van der Waals surface area contributed by atoms with Crippen LogP contribution in [0.4, 0.5) is 4.39 Å². The summed E-state index contributed by atoms with van der Waals surface area (Å²) in [5.74, 6) is -0.557. The summed E-state index contributed by atoms with van der Waals surface area (Å²) in [6.07, 6.45) is 0. The number of aromatic nitrogens is 3. The van der Waals surface area contributed by atoms with Gasteiger partial charge in [-0.15, -0.1) is 0 Å². The minimum atomic E-state index is -0.566. The van der Waals surface area contributed by atoms with E-state index < -0.39 is 5.56 Å². The molecule has 0 bridgehead atoms. The third-order valence-corrected chi connectivity index (χ3v) is 5.17. The summed E-state index contributed by atoms with van der Waals surface area (Å²) in [6, 6.07) is 9.89. The van der Waals surface area contributed by atoms with E-state index in [1.807, 2.05) is 24.5 Å². The molecule has 2 heterocycles. The molecule has 0 aliphatic carbocycles. The van der Waals surface area contributed by atoms with Gasteiger partial charge in [-0.3, -0.25) is 9.59 Å². The standard InChI is InChI=1S/C22H21FN4O2/c1-13-9-19(16(4)26(13)11-17-5-7-18(23)8-6-17)21(28)12-27-22(29)20(10-24)14(2)15(3)25-27/h5-9H,11-12H2,1-4H3. The molecule has 3 aromatic rings. The molecular weight excluding hydrogens is 371 g/mol. The first kappa shape index (κ1) is 20.2. The molecule has 6 nitrogen and oxygen atoms in total. The Balaban J connectivity index is 1.92. The number of nitrogens with zero attached hydrogens (tertiary/aromatic N) is 4. The van der Waals surface area contributed by atoms with Crippen molar-refractivity contribution in [3.05, 3.63) is 85.8 Å². The van der Waals surface area contributed by atoms with Gasteiger partial charge in [0.1, 0.15) is 24.0 Å². The van der Waals surface area contributed by atoms with Crippen LogP contribution in [0.5, 0.6) is 0 Å². The van der Waals surface area contributed by atoms with Crippen molar-refractivity contribution >= 4 is 5.78 Å². The first-order valence-electron chi connectivity index (χ1n) is 9.15. The highest BCUT2D eigenvalue weighted by molar-refractivity contribution is 5.97. The summed E-state index contributed by atoms with van der Waals surface area (Å²) >= 11 is 0. The van der Waals surface area contributed by atoms with Crippen LogP contribution in [0.1, 0.15) is 44.1 Å². The average molecular weight is 392 g/mol. The summed E-state index contributed by atoms with van der Waals surface area (Å²) in [7, 11) is 0. The Morgan fingerprint density at radius 1 is 1.17 bits per heavy atom. The van der Waals surface area contributed by atoms with Crippen molar-refractivity contribution in [1.29, 1.82) is 5.26 Å². The number of ketones is 1. The van der Waals surface area contributed by atoms with E-state index in [1.54, 1.807) is 32.0 Å². The van der Waals surface area contributed by atoms with E-state index in [4.69, 9.17) is 0 Å². The van der Waals surface area contributed by atoms with Crippen molar-refractivity contribution < 1.29 is 9.18 Å². The molecule has 0 unspecified atom stereocenters. The number of halogens is 1. The molecule has 0 saturated heterocycles. The fourth-order valence-electron chi connectivity index (χ4n) is 3.33. The summed E-state index contributed by atoms with van der Waals surface area (Å²) in [5, 5.41) is 13.4. The van der Waals surface area contributed by atoms with Gasteiger partial charge in [-0.25, -0.2) is 9.07 Å². The normalized spacial score (nSPS) is 10.8. The molecule has 0 atom stereocenters. The van der Waals surface area contributed by atoms with Gasteiger partial charge in [0.2, 0.25) is 0 Å². The fraction of sp³-hybridized carbons (Fsp3) is 0.273. The second-order valence-electron chi connectivity index (χ2n) is 7.08. The lowest BCUT2D eigenvalue weighted by Gasteiger charge is -2.11. The molecule has 0 saturated carbocycles. The fourth-order valence-corrected chi connectivity index (χ4v) is 3.33. The number of Topliss-reactive ketones (excluding diaryl/α,β-unsaturated/α-hetero) is 1. The lowest BCUT2D eigenvalue weighted by molar-refractivity contribution is 0.0964. The van der Waals surface area contributed by atoms with Crippen LogP contribution in [0.3, 0.4) is 0 Å². The van der Waals surface area contributed by atoms with E-state index in [1.165, 1.54) is 12.1 Å². The average Bonchev–Trinajstić information content (AvgIpc) is 2.96. The van der Waals surface area contributed by atoms with Gasteiger partial charge < -0.3 is 4.57 Å². The van der Waals surface area contributed by atoms with Gasteiger partial charge in [-0.2, -0.15) is 10.4 Å². The number of aryl methyl sites for hydroxylation is 2. The van der Waals surface area contributed by atoms with Crippen LogP contribution in [-0.2, 0) is 13.1 Å². The zero-order valence-corrected chi connectivity index (χ0v) is 16.8. The van der Waals surface area contributed by atoms with Crippen LogP contribution in [0.15, 0.2) is 35.1 Å². The maximum absolute atomic E-state index is 13.1. The number of rotatable bonds is 5. The maximum Gasteiger partial charge on any atom is 0.285 e. The second-order valence-corrected chi connectivity index (χ2v) is 7.08. The topological polar surface area (TPSA) is 80.7 Å². The van der Waals surface area contributed by atoms with Gasteiger partial charge >= 0.3 is 0 Å². The Kier molecular flexibility index (Phi) is 5.46. The second kappa shape index (κ2) is 7.84. The minimum absolute atomic E-state index is 0.00656. The molecule has 29 heavy (non-hydrogen) atoms. The smallest absolute Gasteiger partial charge is 0.285 e. The SMILES string of the molecule is Cc1nn(CC(=O)c2cc(C)n(Cc3ccc(F)cc3)c2C)c(=O)c(C#N)c1C. The highest BCUT2D eigenvalue weighted by atomic mass is 19.1. The van der Waals surface area contributed by atoms with E-state index in [0.717, 1.165) is 21.6 Å². The summed E-state index contributed by atoms with van der Waals surface area (Å²) in [6.45, 7) is 7.35. The number of benzene rings is 1. The first-order chi connectivity index (χ1) is 13.7. The Bertz CT molecular complexity index is 1200. The maximum atomic E-state index is 13.1. The van der Waals surface area contributed by atoms with Crippen molar-refractivity contribution in [2.75, 3.05) is 0 Å². The quantitative estimate of drug-likeness (QED) is 0.625. The van der Waals surface area contributed by atoms with Crippen LogP contribution in [0.25, 0.3) is 0 Å². The molecule has 3 rings (SSSR count). The van der Waals surface area contributed by atoms with E-state index >= 15 is 0 Å². The highest BCUT2D eigenvalue weighted by Gasteiger charge is 2.19. The lowest BCUT2D eigenvalue weighted by Crippen LogP contribution is -2.30. The molecule has 2 aromatic heterocycles. The van der Waals surface area contributed by atoms with Crippen LogP contribution in [0, 0.1) is 44.8 Å². The molecule has 0 spiro atoms. The van der Waals surface area contributed by atoms with Crippen molar-refractivity contribution in [2.24, 2.45) is 0 Å². The zero-order valence-electron chi connectivity index (χ0n) is 16.8. The summed E-state index contributed by atoms with van der Waals surface area (Å²) < 4.78 is 16.2. The number of hydrogen-bond acceptors (Lipinski definition) is 4. The van der Waals surface area contributed by atoms with E-state index in [0.29, 0.717) is 23.4 Å². The molecule has 0 N–H and O–H groups in total. The van der Waals surface area contributed by atoms with Crippen molar-refractivity contribution in [3.63, 3.8) is 0 Å². The molecule has 0 aliphatic heterocycles. The Hall–Kier alpha value is -3.53. The molecule has 0 aliphatic rings. The third kappa shape index (κ3) is 3.87. The molecule has 0 radical (unpaired) electrons. The molecule has 1 aromatic carbocycles. The van der Waals surface area contributed by atoms with Crippen molar-refractivity contribution in [1.82, 2.24) is 14.3 Å². The summed E-state index contributed by atoms with van der Waals surface area (Å²) in [4.78, 5) is 25.4. The third-order valence-electron chi connectivity index (χ3n) is 5.17. The monoisotopic (exact) mass is 392 g/mol. The van der Waals surface area contributed by atoms with Crippen molar-refractivity contribution in [3.8, 4) is 6.07 Å². The number of carbonyl (C=O) groups is 1. The van der Waals surface area contributed by atoms with Gasteiger partial charge in [0.25, 0.3) is 5.56 Å². The predicted octanol–water partition coefficient (Wildman–Crippen LogP) is 3.22. The molecular formula is C22H21FN4O2. The largest absolute Gasteiger partial charge is 0.344 e. The van der Waals surface area contributed by atoms with E-state index in [2.05, 4.69) is 5.10 Å². The summed E-state index contributed by atoms with van der Waals surface area (Å²) in [5.41, 5.74) is 3.56. The molecule has 148 valence electrons. The Morgan fingerprint density at radius 2 is 1.83 bits per heavy atom. The van der Waals surface area contributed by atoms with Gasteiger partial charge in [-0.05, 0) is 57.0 Å².